The van der Waals surface area contributed by atoms with Gasteiger partial charge in [0.1, 0.15) is 19.0 Å². The van der Waals surface area contributed by atoms with E-state index in [0.717, 1.165) is 42.3 Å². The average Bonchev–Trinajstić information content (AvgIpc) is 3.23. The molecule has 5 rings (SSSR count). The summed E-state index contributed by atoms with van der Waals surface area (Å²) in [6.07, 6.45) is 3.60. The van der Waals surface area contributed by atoms with Gasteiger partial charge in [-0.3, -0.25) is 9.88 Å². The molecular formula is C24H23FN2O2. The van der Waals surface area contributed by atoms with E-state index in [1.54, 1.807) is 6.07 Å². The molecule has 3 aromatic rings. The summed E-state index contributed by atoms with van der Waals surface area (Å²) in [5.41, 5.74) is 4.34. The summed E-state index contributed by atoms with van der Waals surface area (Å²) in [4.78, 5) is 6.69. The van der Waals surface area contributed by atoms with Gasteiger partial charge in [-0.15, -0.1) is 0 Å². The van der Waals surface area contributed by atoms with Crippen molar-refractivity contribution in [3.05, 3.63) is 77.7 Å². The van der Waals surface area contributed by atoms with Gasteiger partial charge in [0.05, 0.1) is 11.9 Å². The highest BCUT2D eigenvalue weighted by Crippen LogP contribution is 2.38. The minimum Gasteiger partial charge on any atom is -0.486 e. The Labute approximate surface area is 169 Å². The molecule has 0 radical (unpaired) electrons. The lowest BCUT2D eigenvalue weighted by molar-refractivity contribution is 0.170. The van der Waals surface area contributed by atoms with Crippen LogP contribution in [0.25, 0.3) is 11.3 Å². The second-order valence-electron chi connectivity index (χ2n) is 7.59. The zero-order chi connectivity index (χ0) is 19.6. The van der Waals surface area contributed by atoms with Crippen molar-refractivity contribution in [2.24, 2.45) is 0 Å². The Morgan fingerprint density at radius 2 is 1.79 bits per heavy atom. The lowest BCUT2D eigenvalue weighted by Crippen LogP contribution is -2.23. The smallest absolute Gasteiger partial charge is 0.161 e. The highest BCUT2D eigenvalue weighted by Gasteiger charge is 2.27. The van der Waals surface area contributed by atoms with Gasteiger partial charge in [0, 0.05) is 18.2 Å². The molecule has 1 fully saturated rings. The van der Waals surface area contributed by atoms with Crippen LogP contribution < -0.4 is 9.47 Å². The van der Waals surface area contributed by atoms with Crippen LogP contribution in [0, 0.1) is 5.82 Å². The maximum absolute atomic E-state index is 13.1. The topological polar surface area (TPSA) is 34.6 Å². The van der Waals surface area contributed by atoms with Crippen molar-refractivity contribution >= 4 is 0 Å². The number of pyridine rings is 1. The minimum atomic E-state index is -0.315. The van der Waals surface area contributed by atoms with Gasteiger partial charge in [0.2, 0.25) is 0 Å². The van der Waals surface area contributed by atoms with Crippen LogP contribution in [-0.2, 0) is 6.54 Å². The number of aromatic nitrogens is 1. The summed E-state index contributed by atoms with van der Waals surface area (Å²) in [5.74, 6) is 1.39. The Hall–Kier alpha value is -2.92. The van der Waals surface area contributed by atoms with Crippen LogP contribution in [0.3, 0.4) is 0 Å². The lowest BCUT2D eigenvalue weighted by Gasteiger charge is -2.26. The first kappa shape index (κ1) is 18.1. The van der Waals surface area contributed by atoms with Crippen LogP contribution >= 0.6 is 0 Å². The quantitative estimate of drug-likeness (QED) is 0.628. The molecule has 1 aromatic heterocycles. The summed E-state index contributed by atoms with van der Waals surface area (Å²) in [6, 6.07) is 18.3. The van der Waals surface area contributed by atoms with Gasteiger partial charge in [-0.25, -0.2) is 4.39 Å². The molecule has 0 saturated carbocycles. The molecule has 148 valence electrons. The Morgan fingerprint density at radius 1 is 0.966 bits per heavy atom. The molecule has 0 aliphatic carbocycles. The van der Waals surface area contributed by atoms with Crippen molar-refractivity contribution in [1.29, 1.82) is 0 Å². The SMILES string of the molecule is Fc1ccc(-c2ccc(CN3CCC[C@H]3c3ccc4c(c3)OCCO4)cc2)nc1. The monoisotopic (exact) mass is 390 g/mol. The fourth-order valence-electron chi connectivity index (χ4n) is 4.22. The molecule has 2 aliphatic heterocycles. The molecule has 0 bridgehead atoms. The normalized spacial score (nSPS) is 18.7. The third-order valence-electron chi connectivity index (χ3n) is 5.68. The lowest BCUT2D eigenvalue weighted by atomic mass is 10.0. The highest BCUT2D eigenvalue weighted by molar-refractivity contribution is 5.59. The molecule has 0 amide bonds. The molecule has 0 unspecified atom stereocenters. The van der Waals surface area contributed by atoms with Crippen molar-refractivity contribution in [1.82, 2.24) is 9.88 Å². The van der Waals surface area contributed by atoms with Crippen molar-refractivity contribution in [2.75, 3.05) is 19.8 Å². The number of halogens is 1. The fraction of sp³-hybridized carbons (Fsp3) is 0.292. The molecule has 0 spiro atoms. The average molecular weight is 390 g/mol. The maximum atomic E-state index is 13.1. The van der Waals surface area contributed by atoms with Crippen molar-refractivity contribution in [3.8, 4) is 22.8 Å². The first-order valence-corrected chi connectivity index (χ1v) is 10.1. The maximum Gasteiger partial charge on any atom is 0.161 e. The predicted octanol–water partition coefficient (Wildman–Crippen LogP) is 5.00. The van der Waals surface area contributed by atoms with Crippen LogP contribution in [0.1, 0.15) is 30.0 Å². The summed E-state index contributed by atoms with van der Waals surface area (Å²) >= 11 is 0. The molecule has 5 heteroatoms. The van der Waals surface area contributed by atoms with E-state index in [-0.39, 0.29) is 5.82 Å². The van der Waals surface area contributed by atoms with Gasteiger partial charge in [-0.05, 0) is 54.8 Å². The van der Waals surface area contributed by atoms with E-state index in [9.17, 15) is 4.39 Å². The summed E-state index contributed by atoms with van der Waals surface area (Å²) in [5, 5.41) is 0. The number of hydrogen-bond donors (Lipinski definition) is 0. The number of ether oxygens (including phenoxy) is 2. The van der Waals surface area contributed by atoms with E-state index in [1.165, 1.54) is 29.8 Å². The summed E-state index contributed by atoms with van der Waals surface area (Å²) in [6.45, 7) is 3.21. The van der Waals surface area contributed by atoms with Gasteiger partial charge >= 0.3 is 0 Å². The molecule has 4 nitrogen and oxygen atoms in total. The van der Waals surface area contributed by atoms with Gasteiger partial charge in [0.25, 0.3) is 0 Å². The Kier molecular flexibility index (Phi) is 4.90. The zero-order valence-corrected chi connectivity index (χ0v) is 16.2. The first-order valence-electron chi connectivity index (χ1n) is 10.1. The van der Waals surface area contributed by atoms with Crippen LogP contribution in [0.4, 0.5) is 4.39 Å². The second kappa shape index (κ2) is 7.84. The Bertz CT molecular complexity index is 989. The van der Waals surface area contributed by atoms with Gasteiger partial charge in [0.15, 0.2) is 11.5 Å². The third-order valence-corrected chi connectivity index (χ3v) is 5.68. The van der Waals surface area contributed by atoms with Gasteiger partial charge in [-0.1, -0.05) is 30.3 Å². The fourth-order valence-corrected chi connectivity index (χ4v) is 4.22. The van der Waals surface area contributed by atoms with Crippen LogP contribution in [0.15, 0.2) is 60.8 Å². The Morgan fingerprint density at radius 3 is 2.59 bits per heavy atom. The van der Waals surface area contributed by atoms with Crippen LogP contribution in [0.5, 0.6) is 11.5 Å². The van der Waals surface area contributed by atoms with Crippen LogP contribution in [0.2, 0.25) is 0 Å². The standard InChI is InChI=1S/C24H23FN2O2/c25-20-8-9-21(26-15-20)18-5-3-17(4-6-18)16-27-11-1-2-22(27)19-7-10-23-24(14-19)29-13-12-28-23/h3-10,14-15,22H,1-2,11-13,16H2/t22-/m0/s1. The van der Waals surface area contributed by atoms with E-state index in [4.69, 9.17) is 9.47 Å². The van der Waals surface area contributed by atoms with Crippen molar-refractivity contribution in [2.45, 2.75) is 25.4 Å². The third kappa shape index (κ3) is 3.83. The van der Waals surface area contributed by atoms with E-state index in [2.05, 4.69) is 46.3 Å². The second-order valence-corrected chi connectivity index (χ2v) is 7.59. The molecule has 1 saturated heterocycles. The summed E-state index contributed by atoms with van der Waals surface area (Å²) < 4.78 is 24.5. The highest BCUT2D eigenvalue weighted by atomic mass is 19.1. The van der Waals surface area contributed by atoms with Crippen molar-refractivity contribution < 1.29 is 13.9 Å². The van der Waals surface area contributed by atoms with Gasteiger partial charge < -0.3 is 9.47 Å². The molecule has 0 N–H and O–H groups in total. The largest absolute Gasteiger partial charge is 0.486 e. The molecule has 1 atom stereocenters. The predicted molar refractivity (Wildman–Crippen MR) is 109 cm³/mol. The van der Waals surface area contributed by atoms with Gasteiger partial charge in [-0.2, -0.15) is 0 Å². The molecule has 2 aromatic carbocycles. The number of benzene rings is 2. The van der Waals surface area contributed by atoms with Crippen molar-refractivity contribution in [3.63, 3.8) is 0 Å². The summed E-state index contributed by atoms with van der Waals surface area (Å²) in [7, 11) is 0. The number of rotatable bonds is 4. The number of likely N-dealkylation sites (tertiary alicyclic amines) is 1. The van der Waals surface area contributed by atoms with E-state index in [1.807, 2.05) is 6.07 Å². The molecular weight excluding hydrogens is 367 g/mol. The van der Waals surface area contributed by atoms with Crippen LogP contribution in [-0.4, -0.2) is 29.6 Å². The minimum absolute atomic E-state index is 0.315. The van der Waals surface area contributed by atoms with E-state index < -0.39 is 0 Å². The molecule has 2 aliphatic rings. The molecule has 29 heavy (non-hydrogen) atoms. The van der Waals surface area contributed by atoms with E-state index >= 15 is 0 Å². The first-order chi connectivity index (χ1) is 14.3. The number of fused-ring (bicyclic) bond motifs is 1. The molecule has 3 heterocycles. The zero-order valence-electron chi connectivity index (χ0n) is 16.2. The Balaban J connectivity index is 1.31. The number of hydrogen-bond acceptors (Lipinski definition) is 4. The number of nitrogens with zero attached hydrogens (tertiary/aromatic N) is 2. The van der Waals surface area contributed by atoms with E-state index in [0.29, 0.717) is 19.3 Å².